The lowest BCUT2D eigenvalue weighted by atomic mass is 10.2. The monoisotopic (exact) mass is 228 g/mol. The fourth-order valence-corrected chi connectivity index (χ4v) is 1.80. The number of amides is 1. The lowest BCUT2D eigenvalue weighted by Crippen LogP contribution is -2.15. The number of hydrogen-bond donors (Lipinski definition) is 2. The molecule has 0 saturated carbocycles. The Labute approximate surface area is 91.1 Å². The van der Waals surface area contributed by atoms with E-state index < -0.39 is 18.3 Å². The summed E-state index contributed by atoms with van der Waals surface area (Å²) in [5.74, 6) is -1.40. The third kappa shape index (κ3) is 3.67. The molecular weight excluding hydrogens is 216 g/mol. The molecule has 5 nitrogen and oxygen atoms in total. The number of aromatic nitrogens is 1. The van der Waals surface area contributed by atoms with Gasteiger partial charge in [0.15, 0.2) is 5.13 Å². The Morgan fingerprint density at radius 3 is 2.73 bits per heavy atom. The molecule has 0 radical (unpaired) electrons. The summed E-state index contributed by atoms with van der Waals surface area (Å²) >= 11 is 1.30. The minimum Gasteiger partial charge on any atom is -0.481 e. The van der Waals surface area contributed by atoms with E-state index in [1.54, 1.807) is 0 Å². The SMILES string of the molecule is CC(C)c1csc(NC(=O)CC(=O)O)n1. The fourth-order valence-electron chi connectivity index (χ4n) is 0.910. The zero-order valence-corrected chi connectivity index (χ0v) is 9.30. The predicted octanol–water partition coefficient (Wildman–Crippen LogP) is 1.68. The van der Waals surface area contributed by atoms with Crippen LogP contribution in [0.15, 0.2) is 5.38 Å². The third-order valence-corrected chi connectivity index (χ3v) is 2.45. The Bertz CT molecular complexity index is 373. The zero-order chi connectivity index (χ0) is 11.4. The molecule has 82 valence electrons. The van der Waals surface area contributed by atoms with Gasteiger partial charge in [0.1, 0.15) is 6.42 Å². The second-order valence-electron chi connectivity index (χ2n) is 3.35. The van der Waals surface area contributed by atoms with Crippen LogP contribution < -0.4 is 5.32 Å². The highest BCUT2D eigenvalue weighted by Gasteiger charge is 2.11. The van der Waals surface area contributed by atoms with E-state index in [-0.39, 0.29) is 0 Å². The fraction of sp³-hybridized carbons (Fsp3) is 0.444. The van der Waals surface area contributed by atoms with Crippen LogP contribution in [0, 0.1) is 0 Å². The maximum Gasteiger partial charge on any atom is 0.312 e. The number of hydrogen-bond acceptors (Lipinski definition) is 4. The highest BCUT2D eigenvalue weighted by atomic mass is 32.1. The lowest BCUT2D eigenvalue weighted by molar-refractivity contribution is -0.139. The molecule has 0 aliphatic rings. The molecule has 0 unspecified atom stereocenters. The molecule has 15 heavy (non-hydrogen) atoms. The molecule has 6 heteroatoms. The van der Waals surface area contributed by atoms with Gasteiger partial charge >= 0.3 is 5.97 Å². The second kappa shape index (κ2) is 4.88. The minimum absolute atomic E-state index is 0.298. The van der Waals surface area contributed by atoms with Gasteiger partial charge in [0, 0.05) is 5.38 Å². The summed E-state index contributed by atoms with van der Waals surface area (Å²) in [4.78, 5) is 25.5. The first kappa shape index (κ1) is 11.6. The molecule has 0 bridgehead atoms. The number of carboxylic acid groups (broad SMARTS) is 1. The Morgan fingerprint density at radius 1 is 1.60 bits per heavy atom. The summed E-state index contributed by atoms with van der Waals surface area (Å²) in [7, 11) is 0. The molecule has 0 aliphatic carbocycles. The van der Waals surface area contributed by atoms with Gasteiger partial charge in [-0.3, -0.25) is 9.59 Å². The minimum atomic E-state index is -1.15. The van der Waals surface area contributed by atoms with Crippen LogP contribution in [0.25, 0.3) is 0 Å². The normalized spacial score (nSPS) is 10.3. The van der Waals surface area contributed by atoms with Crippen LogP contribution in [0.3, 0.4) is 0 Å². The molecular formula is C9H12N2O3S. The van der Waals surface area contributed by atoms with Crippen molar-refractivity contribution in [3.63, 3.8) is 0 Å². The number of rotatable bonds is 4. The number of carbonyl (C=O) groups is 2. The quantitative estimate of drug-likeness (QED) is 0.768. The van der Waals surface area contributed by atoms with Crippen LogP contribution in [-0.4, -0.2) is 22.0 Å². The molecule has 1 amide bonds. The van der Waals surface area contributed by atoms with Crippen molar-refractivity contribution in [1.29, 1.82) is 0 Å². The molecule has 1 aromatic heterocycles. The van der Waals surface area contributed by atoms with E-state index in [4.69, 9.17) is 5.11 Å². The van der Waals surface area contributed by atoms with Crippen molar-refractivity contribution in [3.8, 4) is 0 Å². The molecule has 0 spiro atoms. The average Bonchev–Trinajstić information content (AvgIpc) is 2.50. The highest BCUT2D eigenvalue weighted by molar-refractivity contribution is 7.13. The van der Waals surface area contributed by atoms with E-state index in [1.165, 1.54) is 11.3 Å². The summed E-state index contributed by atoms with van der Waals surface area (Å²) in [6, 6.07) is 0. The summed E-state index contributed by atoms with van der Waals surface area (Å²) < 4.78 is 0. The van der Waals surface area contributed by atoms with Gasteiger partial charge in [0.25, 0.3) is 0 Å². The van der Waals surface area contributed by atoms with Crippen molar-refractivity contribution >= 4 is 28.3 Å². The van der Waals surface area contributed by atoms with Crippen LogP contribution in [0.2, 0.25) is 0 Å². The number of nitrogens with one attached hydrogen (secondary N) is 1. The number of aliphatic carboxylic acids is 1. The Balaban J connectivity index is 2.57. The third-order valence-electron chi connectivity index (χ3n) is 1.67. The van der Waals surface area contributed by atoms with Crippen molar-refractivity contribution in [2.24, 2.45) is 0 Å². The van der Waals surface area contributed by atoms with E-state index in [1.807, 2.05) is 19.2 Å². The van der Waals surface area contributed by atoms with Gasteiger partial charge in [-0.1, -0.05) is 13.8 Å². The smallest absolute Gasteiger partial charge is 0.312 e. The number of carboxylic acids is 1. The standard InChI is InChI=1S/C9H12N2O3S/c1-5(2)6-4-15-9(10-6)11-7(12)3-8(13)14/h4-5H,3H2,1-2H3,(H,13,14)(H,10,11,12). The van der Waals surface area contributed by atoms with Gasteiger partial charge in [-0.15, -0.1) is 11.3 Å². The van der Waals surface area contributed by atoms with Crippen molar-refractivity contribution in [3.05, 3.63) is 11.1 Å². The first-order chi connectivity index (χ1) is 6.99. The largest absolute Gasteiger partial charge is 0.481 e. The van der Waals surface area contributed by atoms with Gasteiger partial charge in [0.2, 0.25) is 5.91 Å². The lowest BCUT2D eigenvalue weighted by Gasteiger charge is -1.99. The van der Waals surface area contributed by atoms with Crippen molar-refractivity contribution in [2.45, 2.75) is 26.2 Å². The molecule has 1 rings (SSSR count). The van der Waals surface area contributed by atoms with Crippen LogP contribution in [-0.2, 0) is 9.59 Å². The topological polar surface area (TPSA) is 79.3 Å². The van der Waals surface area contributed by atoms with E-state index in [9.17, 15) is 9.59 Å². The van der Waals surface area contributed by atoms with E-state index in [2.05, 4.69) is 10.3 Å². The molecule has 0 aliphatic heterocycles. The summed E-state index contributed by atoms with van der Waals surface area (Å²) in [6.07, 6.45) is -0.531. The number of anilines is 1. The average molecular weight is 228 g/mol. The summed E-state index contributed by atoms with van der Waals surface area (Å²) in [5.41, 5.74) is 0.894. The highest BCUT2D eigenvalue weighted by Crippen LogP contribution is 2.21. The van der Waals surface area contributed by atoms with E-state index in [0.717, 1.165) is 5.69 Å². The Morgan fingerprint density at radius 2 is 2.27 bits per heavy atom. The van der Waals surface area contributed by atoms with Gasteiger partial charge in [-0.05, 0) is 5.92 Å². The molecule has 0 aromatic carbocycles. The maximum absolute atomic E-state index is 11.1. The maximum atomic E-state index is 11.1. The molecule has 0 saturated heterocycles. The van der Waals surface area contributed by atoms with Crippen molar-refractivity contribution in [1.82, 2.24) is 4.98 Å². The molecule has 0 atom stereocenters. The molecule has 2 N–H and O–H groups in total. The van der Waals surface area contributed by atoms with Gasteiger partial charge in [0.05, 0.1) is 5.69 Å². The number of nitrogens with zero attached hydrogens (tertiary/aromatic N) is 1. The Kier molecular flexibility index (Phi) is 3.79. The van der Waals surface area contributed by atoms with Gasteiger partial charge in [-0.2, -0.15) is 0 Å². The first-order valence-corrected chi connectivity index (χ1v) is 5.34. The predicted molar refractivity (Wildman–Crippen MR) is 57.1 cm³/mol. The molecule has 1 aromatic rings. The number of carbonyl (C=O) groups excluding carboxylic acids is 1. The van der Waals surface area contributed by atoms with Gasteiger partial charge in [-0.25, -0.2) is 4.98 Å². The van der Waals surface area contributed by atoms with Crippen LogP contribution in [0.4, 0.5) is 5.13 Å². The van der Waals surface area contributed by atoms with Crippen LogP contribution >= 0.6 is 11.3 Å². The number of thiazole rings is 1. The summed E-state index contributed by atoms with van der Waals surface area (Å²) in [5, 5.41) is 13.1. The first-order valence-electron chi connectivity index (χ1n) is 4.46. The van der Waals surface area contributed by atoms with E-state index in [0.29, 0.717) is 11.0 Å². The Hall–Kier alpha value is -1.43. The van der Waals surface area contributed by atoms with Gasteiger partial charge < -0.3 is 10.4 Å². The van der Waals surface area contributed by atoms with Crippen molar-refractivity contribution < 1.29 is 14.7 Å². The van der Waals surface area contributed by atoms with Crippen LogP contribution in [0.5, 0.6) is 0 Å². The zero-order valence-electron chi connectivity index (χ0n) is 8.48. The summed E-state index contributed by atoms with van der Waals surface area (Å²) in [6.45, 7) is 4.00. The molecule has 1 heterocycles. The van der Waals surface area contributed by atoms with E-state index >= 15 is 0 Å². The molecule has 0 fully saturated rings. The van der Waals surface area contributed by atoms with Crippen LogP contribution in [0.1, 0.15) is 31.9 Å². The van der Waals surface area contributed by atoms with Crippen molar-refractivity contribution in [2.75, 3.05) is 5.32 Å². The second-order valence-corrected chi connectivity index (χ2v) is 4.21.